The second-order valence-corrected chi connectivity index (χ2v) is 15.6. The van der Waals surface area contributed by atoms with Crippen LogP contribution in [0.25, 0.3) is 0 Å². The summed E-state index contributed by atoms with van der Waals surface area (Å²) in [5.74, 6) is 0.485. The molecule has 0 unspecified atom stereocenters. The van der Waals surface area contributed by atoms with Crippen LogP contribution in [-0.2, 0) is 28.3 Å². The normalized spacial score (nSPS) is 33.0. The molecule has 0 aromatic carbocycles. The fourth-order valence-corrected chi connectivity index (χ4v) is 7.75. The zero-order valence-electron chi connectivity index (χ0n) is 27.9. The van der Waals surface area contributed by atoms with E-state index in [2.05, 4.69) is 31.4 Å². The Bertz CT molecular complexity index is 1040. The second-order valence-electron chi connectivity index (χ2n) is 15.6. The maximum atomic E-state index is 13.2. The number of methoxy groups -OCH3 is 1. The van der Waals surface area contributed by atoms with Crippen LogP contribution in [0.2, 0.25) is 6.32 Å². The van der Waals surface area contributed by atoms with Gasteiger partial charge in [-0.1, -0.05) is 20.3 Å². The molecule has 3 aliphatic carbocycles. The van der Waals surface area contributed by atoms with Gasteiger partial charge in [-0.05, 0) is 91.3 Å². The lowest BCUT2D eigenvalue weighted by Gasteiger charge is -2.64. The van der Waals surface area contributed by atoms with Crippen molar-refractivity contribution in [2.45, 2.75) is 129 Å². The molecule has 0 aromatic rings. The van der Waals surface area contributed by atoms with Gasteiger partial charge >= 0.3 is 25.3 Å². The second kappa shape index (κ2) is 12.4. The Hall–Kier alpha value is -2.05. The number of hydrogen-bond donors (Lipinski definition) is 2. The Morgan fingerprint density at radius 1 is 1.00 bits per heavy atom. The van der Waals surface area contributed by atoms with Crippen molar-refractivity contribution >= 4 is 25.3 Å². The number of amides is 2. The van der Waals surface area contributed by atoms with Crippen molar-refractivity contribution in [1.29, 1.82) is 0 Å². The molecule has 2 bridgehead atoms. The summed E-state index contributed by atoms with van der Waals surface area (Å²) in [6.45, 7) is 18.8. The molecule has 12 heteroatoms. The molecule has 2 aliphatic heterocycles. The predicted molar refractivity (Wildman–Crippen MR) is 162 cm³/mol. The molecule has 5 fully saturated rings. The molecule has 0 aromatic heterocycles. The number of nitrogens with zero attached hydrogens (tertiary/aromatic N) is 1. The van der Waals surface area contributed by atoms with Crippen LogP contribution in [0, 0.1) is 23.2 Å². The Balaban J connectivity index is 1.40. The molecule has 11 nitrogen and oxygen atoms in total. The van der Waals surface area contributed by atoms with E-state index in [9.17, 15) is 14.4 Å². The van der Waals surface area contributed by atoms with Gasteiger partial charge < -0.3 is 34.2 Å². The number of carbonyl (C=O) groups is 3. The molecule has 2 heterocycles. The molecule has 0 spiro atoms. The third-order valence-electron chi connectivity index (χ3n) is 9.90. The number of likely N-dealkylation sites (tertiary alicyclic amines) is 1. The van der Waals surface area contributed by atoms with Crippen molar-refractivity contribution < 1.29 is 37.9 Å². The fourth-order valence-electron chi connectivity index (χ4n) is 7.75. The molecule has 0 radical (unpaired) electrons. The molecule has 5 rings (SSSR count). The van der Waals surface area contributed by atoms with Crippen molar-refractivity contribution in [3.8, 4) is 0 Å². The SMILES string of the molecule is COC(=O)[C@@H]1[C@H](CCCB2O[C@@H]3C[C@@H]4C[C@@H](C4(C)C)[C@]3(C)O2)[C@@H](NCCNC(=O)OC(C)(C)C)CN1C(=O)OC(C)(C)C. The van der Waals surface area contributed by atoms with Crippen LogP contribution in [0.1, 0.15) is 88.0 Å². The van der Waals surface area contributed by atoms with Gasteiger partial charge in [0.1, 0.15) is 17.2 Å². The summed E-state index contributed by atoms with van der Waals surface area (Å²) in [6, 6.07) is -1.01. The average Bonchev–Trinajstić information content (AvgIpc) is 3.41. The van der Waals surface area contributed by atoms with E-state index >= 15 is 0 Å². The van der Waals surface area contributed by atoms with E-state index in [0.717, 1.165) is 12.8 Å². The number of ether oxygens (including phenoxy) is 3. The lowest BCUT2D eigenvalue weighted by molar-refractivity contribution is -0.199. The Kier molecular flexibility index (Phi) is 9.75. The largest absolute Gasteiger partial charge is 0.467 e. The summed E-state index contributed by atoms with van der Waals surface area (Å²) in [4.78, 5) is 39.9. The van der Waals surface area contributed by atoms with Crippen LogP contribution in [0.5, 0.6) is 0 Å². The maximum Gasteiger partial charge on any atom is 0.457 e. The molecular weight excluding hydrogens is 553 g/mol. The molecule has 2 saturated heterocycles. The van der Waals surface area contributed by atoms with Gasteiger partial charge in [-0.2, -0.15) is 0 Å². The van der Waals surface area contributed by atoms with Crippen LogP contribution in [-0.4, -0.2) is 91.9 Å². The lowest BCUT2D eigenvalue weighted by Crippen LogP contribution is -2.65. The number of carbonyl (C=O) groups excluding carboxylic acids is 3. The van der Waals surface area contributed by atoms with Crippen molar-refractivity contribution in [2.24, 2.45) is 23.2 Å². The minimum atomic E-state index is -0.797. The topological polar surface area (TPSA) is 125 Å². The third-order valence-corrected chi connectivity index (χ3v) is 9.90. The predicted octanol–water partition coefficient (Wildman–Crippen LogP) is 4.39. The number of rotatable bonds is 9. The smallest absolute Gasteiger partial charge is 0.457 e. The lowest BCUT2D eigenvalue weighted by atomic mass is 9.43. The first kappa shape index (κ1) is 33.8. The molecule has 3 saturated carbocycles. The van der Waals surface area contributed by atoms with Gasteiger partial charge in [-0.15, -0.1) is 0 Å². The van der Waals surface area contributed by atoms with Crippen LogP contribution in [0.3, 0.4) is 0 Å². The maximum absolute atomic E-state index is 13.2. The standard InChI is InChI=1S/C31H54BN3O8/c1-28(2,3)40-26(37)34-15-14-33-21-18-35(27(38)41-29(4,5)6)24(25(36)39-10)20(21)12-11-13-32-42-23-17-19-16-22(30(19,7)8)31(23,9)43-32/h19-24,33H,11-18H2,1-10H3,(H,34,37)/t19-,20+,21-,22-,23+,24-,31-/m0/s1. The number of alkyl carbamates (subject to hydrolysis) is 1. The van der Waals surface area contributed by atoms with Crippen LogP contribution < -0.4 is 10.6 Å². The van der Waals surface area contributed by atoms with E-state index in [0.29, 0.717) is 37.7 Å². The monoisotopic (exact) mass is 607 g/mol. The van der Waals surface area contributed by atoms with Crippen molar-refractivity contribution in [1.82, 2.24) is 15.5 Å². The van der Waals surface area contributed by atoms with Gasteiger partial charge in [0.2, 0.25) is 0 Å². The van der Waals surface area contributed by atoms with Crippen molar-refractivity contribution in [3.63, 3.8) is 0 Å². The summed E-state index contributed by atoms with van der Waals surface area (Å²) in [7, 11) is 1.06. The summed E-state index contributed by atoms with van der Waals surface area (Å²) in [5.41, 5.74) is -1.28. The molecule has 7 atom stereocenters. The minimum Gasteiger partial charge on any atom is -0.467 e. The molecule has 5 aliphatic rings. The quantitative estimate of drug-likeness (QED) is 0.170. The van der Waals surface area contributed by atoms with Gasteiger partial charge in [-0.3, -0.25) is 4.90 Å². The Morgan fingerprint density at radius 2 is 1.67 bits per heavy atom. The number of nitrogens with one attached hydrogen (secondary N) is 2. The number of hydrogen-bond acceptors (Lipinski definition) is 9. The molecule has 2 N–H and O–H groups in total. The van der Waals surface area contributed by atoms with E-state index in [4.69, 9.17) is 23.5 Å². The summed E-state index contributed by atoms with van der Waals surface area (Å²) < 4.78 is 29.2. The number of esters is 1. The average molecular weight is 608 g/mol. The van der Waals surface area contributed by atoms with Crippen LogP contribution >= 0.6 is 0 Å². The van der Waals surface area contributed by atoms with Gasteiger partial charge in [0.05, 0.1) is 18.8 Å². The highest BCUT2D eigenvalue weighted by atomic mass is 16.7. The minimum absolute atomic E-state index is 0.123. The summed E-state index contributed by atoms with van der Waals surface area (Å²) in [6.07, 6.45) is 3.42. The van der Waals surface area contributed by atoms with Gasteiger partial charge in [0.15, 0.2) is 0 Å². The third kappa shape index (κ3) is 7.44. The first-order valence-electron chi connectivity index (χ1n) is 16.0. The highest BCUT2D eigenvalue weighted by molar-refractivity contribution is 6.45. The summed E-state index contributed by atoms with van der Waals surface area (Å²) in [5, 5.41) is 6.22. The Labute approximate surface area is 257 Å². The van der Waals surface area contributed by atoms with E-state index < -0.39 is 35.4 Å². The Morgan fingerprint density at radius 3 is 2.28 bits per heavy atom. The highest BCUT2D eigenvalue weighted by Gasteiger charge is 2.67. The first-order chi connectivity index (χ1) is 19.9. The molecule has 43 heavy (non-hydrogen) atoms. The van der Waals surface area contributed by atoms with Gasteiger partial charge in [0.25, 0.3) is 0 Å². The van der Waals surface area contributed by atoms with Crippen molar-refractivity contribution in [3.05, 3.63) is 0 Å². The summed E-state index contributed by atoms with van der Waals surface area (Å²) >= 11 is 0. The van der Waals surface area contributed by atoms with Crippen molar-refractivity contribution in [2.75, 3.05) is 26.7 Å². The first-order valence-corrected chi connectivity index (χ1v) is 16.0. The molecular formula is C31H54BN3O8. The van der Waals surface area contributed by atoms with Gasteiger partial charge in [-0.25, -0.2) is 14.4 Å². The highest BCUT2D eigenvalue weighted by Crippen LogP contribution is 2.65. The fraction of sp³-hybridized carbons (Fsp3) is 0.903. The zero-order chi connectivity index (χ0) is 32.0. The van der Waals surface area contributed by atoms with Crippen LogP contribution in [0.15, 0.2) is 0 Å². The van der Waals surface area contributed by atoms with E-state index in [-0.39, 0.29) is 42.7 Å². The van der Waals surface area contributed by atoms with E-state index in [1.807, 2.05) is 20.8 Å². The zero-order valence-corrected chi connectivity index (χ0v) is 27.9. The van der Waals surface area contributed by atoms with Crippen LogP contribution in [0.4, 0.5) is 9.59 Å². The van der Waals surface area contributed by atoms with Gasteiger partial charge in [0, 0.05) is 31.6 Å². The van der Waals surface area contributed by atoms with E-state index in [1.54, 1.807) is 20.8 Å². The molecule has 2 amide bonds. The van der Waals surface area contributed by atoms with E-state index in [1.165, 1.54) is 18.4 Å². The molecule has 244 valence electrons.